The lowest BCUT2D eigenvalue weighted by Gasteiger charge is -2.46. The van der Waals surface area contributed by atoms with Gasteiger partial charge in [-0.2, -0.15) is 5.10 Å². The Morgan fingerprint density at radius 2 is 1.93 bits per heavy atom. The second-order valence-electron chi connectivity index (χ2n) is 9.06. The Kier molecular flexibility index (Phi) is 4.26. The summed E-state index contributed by atoms with van der Waals surface area (Å²) in [7, 11) is 0. The molecule has 3 heterocycles. The van der Waals surface area contributed by atoms with Crippen LogP contribution in [0.15, 0.2) is 24.3 Å². The van der Waals surface area contributed by atoms with Crippen molar-refractivity contribution in [3.05, 3.63) is 35.5 Å². The number of rotatable bonds is 3. The van der Waals surface area contributed by atoms with Gasteiger partial charge in [0.25, 0.3) is 5.91 Å². The molecule has 0 unspecified atom stereocenters. The molecule has 1 aromatic heterocycles. The van der Waals surface area contributed by atoms with E-state index in [4.69, 9.17) is 4.74 Å². The summed E-state index contributed by atoms with van der Waals surface area (Å²) in [5.74, 6) is 0.847. The van der Waals surface area contributed by atoms with E-state index in [0.717, 1.165) is 42.9 Å². The van der Waals surface area contributed by atoms with Crippen molar-refractivity contribution in [3.63, 3.8) is 0 Å². The zero-order valence-corrected chi connectivity index (χ0v) is 16.5. The summed E-state index contributed by atoms with van der Waals surface area (Å²) in [6.45, 7) is 9.45. The Morgan fingerprint density at radius 1 is 1.19 bits per heavy atom. The van der Waals surface area contributed by atoms with Crippen LogP contribution in [0.4, 0.5) is 0 Å². The molecule has 6 heteroatoms. The minimum Gasteiger partial charge on any atom is -0.493 e. The molecule has 4 rings (SSSR count). The van der Waals surface area contributed by atoms with Gasteiger partial charge in [-0.15, -0.1) is 0 Å². The topological polar surface area (TPSA) is 79.0 Å². The third-order valence-electron chi connectivity index (χ3n) is 5.33. The number of aromatic amines is 1. The van der Waals surface area contributed by atoms with Crippen molar-refractivity contribution in [1.82, 2.24) is 20.8 Å². The van der Waals surface area contributed by atoms with Gasteiger partial charge in [0.05, 0.1) is 12.3 Å². The van der Waals surface area contributed by atoms with Gasteiger partial charge in [0.15, 0.2) is 0 Å². The molecule has 0 saturated carbocycles. The van der Waals surface area contributed by atoms with Gasteiger partial charge in [0.1, 0.15) is 11.4 Å². The van der Waals surface area contributed by atoms with E-state index < -0.39 is 0 Å². The van der Waals surface area contributed by atoms with Crippen LogP contribution >= 0.6 is 0 Å². The Balaban J connectivity index is 1.47. The van der Waals surface area contributed by atoms with E-state index in [1.54, 1.807) is 0 Å². The molecule has 0 atom stereocenters. The number of benzene rings is 1. The van der Waals surface area contributed by atoms with E-state index >= 15 is 0 Å². The lowest BCUT2D eigenvalue weighted by atomic mass is 9.79. The molecule has 1 aromatic carbocycles. The second-order valence-corrected chi connectivity index (χ2v) is 9.06. The number of fused-ring (bicyclic) bond motifs is 1. The van der Waals surface area contributed by atoms with E-state index in [1.165, 1.54) is 5.56 Å². The van der Waals surface area contributed by atoms with Crippen LogP contribution in [-0.2, 0) is 6.42 Å². The summed E-state index contributed by atoms with van der Waals surface area (Å²) in [4.78, 5) is 12.7. The summed E-state index contributed by atoms with van der Waals surface area (Å²) in [6.07, 6.45) is 2.71. The highest BCUT2D eigenvalue weighted by atomic mass is 16.5. The van der Waals surface area contributed by atoms with Crippen LogP contribution in [0.25, 0.3) is 11.3 Å². The van der Waals surface area contributed by atoms with Gasteiger partial charge in [0.2, 0.25) is 0 Å². The Morgan fingerprint density at radius 3 is 2.67 bits per heavy atom. The fraction of sp³-hybridized carbons (Fsp3) is 0.524. The molecule has 0 bridgehead atoms. The third-order valence-corrected chi connectivity index (χ3v) is 5.33. The number of hydrogen-bond acceptors (Lipinski definition) is 4. The fourth-order valence-electron chi connectivity index (χ4n) is 4.62. The van der Waals surface area contributed by atoms with Crippen molar-refractivity contribution < 1.29 is 9.53 Å². The van der Waals surface area contributed by atoms with Crippen LogP contribution < -0.4 is 15.4 Å². The molecule has 1 fully saturated rings. The van der Waals surface area contributed by atoms with Crippen molar-refractivity contribution >= 4 is 5.91 Å². The number of aromatic nitrogens is 2. The number of H-pyrrole nitrogens is 1. The van der Waals surface area contributed by atoms with Crippen LogP contribution in [0.3, 0.4) is 0 Å². The first-order chi connectivity index (χ1) is 12.7. The predicted octanol–water partition coefficient (Wildman–Crippen LogP) is 3.05. The number of nitrogens with one attached hydrogen (secondary N) is 3. The first-order valence-corrected chi connectivity index (χ1v) is 9.63. The molecule has 0 aliphatic carbocycles. The van der Waals surface area contributed by atoms with Crippen LogP contribution in [0.1, 0.15) is 56.6 Å². The molecule has 144 valence electrons. The van der Waals surface area contributed by atoms with Crippen LogP contribution in [0.2, 0.25) is 0 Å². The smallest absolute Gasteiger partial charge is 0.269 e. The molecule has 2 aliphatic heterocycles. The van der Waals surface area contributed by atoms with E-state index in [1.807, 2.05) is 18.2 Å². The maximum Gasteiger partial charge on any atom is 0.269 e. The van der Waals surface area contributed by atoms with Crippen molar-refractivity contribution in [2.24, 2.45) is 0 Å². The maximum absolute atomic E-state index is 12.7. The zero-order valence-electron chi connectivity index (χ0n) is 16.5. The number of nitrogens with zero attached hydrogens (tertiary/aromatic N) is 1. The minimum absolute atomic E-state index is 0.00860. The number of carbonyl (C=O) groups is 1. The highest BCUT2D eigenvalue weighted by molar-refractivity contribution is 5.93. The Bertz CT molecular complexity index is 853. The quantitative estimate of drug-likeness (QED) is 0.778. The SMILES string of the molecule is CC1(C)CC(NC(=O)c2cc(-c3ccc4c(c3)CCO4)n[nH]2)CC(C)(C)N1. The number of piperidine rings is 1. The van der Waals surface area contributed by atoms with Gasteiger partial charge in [0, 0.05) is 29.1 Å². The number of carbonyl (C=O) groups excluding carboxylic acids is 1. The van der Waals surface area contributed by atoms with Crippen LogP contribution in [0, 0.1) is 0 Å². The van der Waals surface area contributed by atoms with Crippen LogP contribution in [0.5, 0.6) is 5.75 Å². The fourth-order valence-corrected chi connectivity index (χ4v) is 4.62. The van der Waals surface area contributed by atoms with Crippen molar-refractivity contribution in [3.8, 4) is 17.0 Å². The monoisotopic (exact) mass is 368 g/mol. The Hall–Kier alpha value is -2.34. The summed E-state index contributed by atoms with van der Waals surface area (Å²) in [5.41, 5.74) is 3.45. The van der Waals surface area contributed by atoms with Gasteiger partial charge < -0.3 is 15.4 Å². The molecule has 3 N–H and O–H groups in total. The van der Waals surface area contributed by atoms with Gasteiger partial charge in [-0.05, 0) is 70.4 Å². The van der Waals surface area contributed by atoms with E-state index in [-0.39, 0.29) is 23.0 Å². The number of hydrogen-bond donors (Lipinski definition) is 3. The molecule has 0 radical (unpaired) electrons. The molecule has 0 spiro atoms. The molecular weight excluding hydrogens is 340 g/mol. The van der Waals surface area contributed by atoms with Gasteiger partial charge in [-0.1, -0.05) is 0 Å². The standard InChI is InChI=1S/C21H28N4O2/c1-20(2)11-15(12-21(3,4)25-20)22-19(26)17-10-16(23-24-17)13-5-6-18-14(9-13)7-8-27-18/h5-6,9-10,15,25H,7-8,11-12H2,1-4H3,(H,22,26)(H,23,24). The maximum atomic E-state index is 12.7. The average Bonchev–Trinajstić information content (AvgIpc) is 3.20. The third kappa shape index (κ3) is 3.86. The predicted molar refractivity (Wildman–Crippen MR) is 105 cm³/mol. The molecule has 27 heavy (non-hydrogen) atoms. The molecule has 1 amide bonds. The van der Waals surface area contributed by atoms with Crippen LogP contribution in [-0.4, -0.2) is 39.8 Å². The largest absolute Gasteiger partial charge is 0.493 e. The average molecular weight is 368 g/mol. The lowest BCUT2D eigenvalue weighted by molar-refractivity contribution is 0.0868. The van der Waals surface area contributed by atoms with E-state index in [0.29, 0.717) is 5.69 Å². The first kappa shape index (κ1) is 18.0. The van der Waals surface area contributed by atoms with Gasteiger partial charge in [-0.3, -0.25) is 9.89 Å². The molecule has 2 aromatic rings. The normalized spacial score (nSPS) is 20.7. The second kappa shape index (κ2) is 6.37. The van der Waals surface area contributed by atoms with E-state index in [2.05, 4.69) is 54.6 Å². The molecular formula is C21H28N4O2. The lowest BCUT2D eigenvalue weighted by Crippen LogP contribution is -2.62. The summed E-state index contributed by atoms with van der Waals surface area (Å²) in [6, 6.07) is 8.01. The minimum atomic E-state index is -0.100. The molecule has 6 nitrogen and oxygen atoms in total. The summed E-state index contributed by atoms with van der Waals surface area (Å²) in [5, 5.41) is 14.1. The summed E-state index contributed by atoms with van der Waals surface area (Å²) < 4.78 is 5.55. The van der Waals surface area contributed by atoms with Gasteiger partial charge in [-0.25, -0.2) is 0 Å². The van der Waals surface area contributed by atoms with Crippen molar-refractivity contribution in [2.75, 3.05) is 6.61 Å². The molecule has 2 aliphatic rings. The highest BCUT2D eigenvalue weighted by Crippen LogP contribution is 2.31. The van der Waals surface area contributed by atoms with Gasteiger partial charge >= 0.3 is 0 Å². The number of ether oxygens (including phenoxy) is 1. The van der Waals surface area contributed by atoms with Crippen molar-refractivity contribution in [1.29, 1.82) is 0 Å². The van der Waals surface area contributed by atoms with Crippen molar-refractivity contribution in [2.45, 2.75) is 64.1 Å². The number of amides is 1. The Labute approximate surface area is 160 Å². The zero-order chi connectivity index (χ0) is 19.2. The van der Waals surface area contributed by atoms with E-state index in [9.17, 15) is 4.79 Å². The first-order valence-electron chi connectivity index (χ1n) is 9.63. The molecule has 1 saturated heterocycles. The highest BCUT2D eigenvalue weighted by Gasteiger charge is 2.38. The summed E-state index contributed by atoms with van der Waals surface area (Å²) >= 11 is 0.